The van der Waals surface area contributed by atoms with E-state index in [1.165, 1.54) is 18.5 Å². The maximum Gasteiger partial charge on any atom is 0.254 e. The van der Waals surface area contributed by atoms with Crippen molar-refractivity contribution in [3.8, 4) is 0 Å². The fourth-order valence-electron chi connectivity index (χ4n) is 2.26. The van der Waals surface area contributed by atoms with Gasteiger partial charge in [-0.25, -0.2) is 14.4 Å². The van der Waals surface area contributed by atoms with Crippen LogP contribution in [0.1, 0.15) is 15.9 Å². The van der Waals surface area contributed by atoms with Crippen LogP contribution in [0.4, 0.5) is 16.0 Å². The second-order valence-electron chi connectivity index (χ2n) is 5.39. The van der Waals surface area contributed by atoms with E-state index in [1.54, 1.807) is 18.2 Å². The van der Waals surface area contributed by atoms with E-state index in [0.29, 0.717) is 12.1 Å². The summed E-state index contributed by atoms with van der Waals surface area (Å²) in [6.07, 6.45) is 3.57. The molecule has 6 heteroatoms. The lowest BCUT2D eigenvalue weighted by Crippen LogP contribution is -2.26. The molecular weight excluding hydrogens is 319 g/mol. The van der Waals surface area contributed by atoms with E-state index in [2.05, 4.69) is 20.6 Å². The molecule has 0 fully saturated rings. The minimum atomic E-state index is -0.395. The lowest BCUT2D eigenvalue weighted by molar-refractivity contribution is 0.0953. The van der Waals surface area contributed by atoms with Crippen LogP contribution < -0.4 is 10.6 Å². The molecule has 126 valence electrons. The molecule has 0 saturated heterocycles. The maximum absolute atomic E-state index is 13.6. The molecule has 0 atom stereocenters. The van der Waals surface area contributed by atoms with Gasteiger partial charge in [0.05, 0.1) is 11.3 Å². The van der Waals surface area contributed by atoms with Crippen LogP contribution in [0.15, 0.2) is 67.0 Å². The summed E-state index contributed by atoms with van der Waals surface area (Å²) in [4.78, 5) is 20.2. The highest BCUT2D eigenvalue weighted by molar-refractivity contribution is 5.93. The fourth-order valence-corrected chi connectivity index (χ4v) is 2.26. The van der Waals surface area contributed by atoms with E-state index in [9.17, 15) is 9.18 Å². The van der Waals surface area contributed by atoms with Gasteiger partial charge in [-0.05, 0) is 24.1 Å². The first-order valence-corrected chi connectivity index (χ1v) is 7.88. The van der Waals surface area contributed by atoms with Crippen LogP contribution in [0, 0.1) is 5.82 Å². The Morgan fingerprint density at radius 2 is 1.64 bits per heavy atom. The highest BCUT2D eigenvalue weighted by atomic mass is 19.1. The largest absolute Gasteiger partial charge is 0.352 e. The summed E-state index contributed by atoms with van der Waals surface area (Å²) >= 11 is 0. The van der Waals surface area contributed by atoms with Crippen molar-refractivity contribution in [3.05, 3.63) is 83.9 Å². The molecule has 0 aliphatic carbocycles. The lowest BCUT2D eigenvalue weighted by atomic mass is 10.1. The van der Waals surface area contributed by atoms with Crippen molar-refractivity contribution in [1.82, 2.24) is 15.3 Å². The Balaban J connectivity index is 1.54. The molecule has 0 radical (unpaired) electrons. The average Bonchev–Trinajstić information content (AvgIpc) is 2.65. The summed E-state index contributed by atoms with van der Waals surface area (Å²) in [7, 11) is 0. The number of para-hydroxylation sites is 1. The second kappa shape index (κ2) is 8.01. The van der Waals surface area contributed by atoms with Crippen LogP contribution in [-0.4, -0.2) is 22.4 Å². The van der Waals surface area contributed by atoms with E-state index < -0.39 is 5.82 Å². The normalized spacial score (nSPS) is 10.3. The van der Waals surface area contributed by atoms with Crippen LogP contribution in [0.25, 0.3) is 0 Å². The number of hydrogen-bond acceptors (Lipinski definition) is 4. The topological polar surface area (TPSA) is 66.9 Å². The van der Waals surface area contributed by atoms with Gasteiger partial charge in [0, 0.05) is 18.9 Å². The van der Waals surface area contributed by atoms with Crippen LogP contribution in [0.2, 0.25) is 0 Å². The number of nitrogens with zero attached hydrogens (tertiary/aromatic N) is 2. The number of amides is 1. The predicted octanol–water partition coefficient (Wildman–Crippen LogP) is 3.33. The molecule has 2 N–H and O–H groups in total. The first-order valence-electron chi connectivity index (χ1n) is 7.88. The Morgan fingerprint density at radius 3 is 2.36 bits per heavy atom. The Hall–Kier alpha value is -3.28. The van der Waals surface area contributed by atoms with Crippen molar-refractivity contribution in [1.29, 1.82) is 0 Å². The highest BCUT2D eigenvalue weighted by Gasteiger charge is 2.08. The van der Waals surface area contributed by atoms with Gasteiger partial charge in [-0.2, -0.15) is 0 Å². The number of anilines is 2. The van der Waals surface area contributed by atoms with Gasteiger partial charge in [0.15, 0.2) is 0 Å². The summed E-state index contributed by atoms with van der Waals surface area (Å²) in [5, 5.41) is 5.60. The third-order valence-corrected chi connectivity index (χ3v) is 3.58. The van der Waals surface area contributed by atoms with Gasteiger partial charge >= 0.3 is 0 Å². The number of carbonyl (C=O) groups is 1. The second-order valence-corrected chi connectivity index (χ2v) is 5.39. The van der Waals surface area contributed by atoms with Crippen molar-refractivity contribution in [3.63, 3.8) is 0 Å². The number of benzene rings is 2. The molecule has 3 rings (SSSR count). The smallest absolute Gasteiger partial charge is 0.254 e. The SMILES string of the molecule is O=C(NCCc1ccccc1)c1cnc(Nc2ccccc2F)nc1. The fraction of sp³-hybridized carbons (Fsp3) is 0.105. The zero-order valence-electron chi connectivity index (χ0n) is 13.4. The third kappa shape index (κ3) is 4.60. The van der Waals surface area contributed by atoms with Gasteiger partial charge in [0.25, 0.3) is 5.91 Å². The molecule has 2 aromatic carbocycles. The van der Waals surface area contributed by atoms with E-state index in [0.717, 1.165) is 12.0 Å². The van der Waals surface area contributed by atoms with Gasteiger partial charge in [-0.15, -0.1) is 0 Å². The summed E-state index contributed by atoms with van der Waals surface area (Å²) in [6.45, 7) is 0.526. The molecule has 1 aromatic heterocycles. The zero-order valence-corrected chi connectivity index (χ0v) is 13.4. The Kier molecular flexibility index (Phi) is 5.31. The van der Waals surface area contributed by atoms with Crippen LogP contribution in [0.3, 0.4) is 0 Å². The average molecular weight is 336 g/mol. The van der Waals surface area contributed by atoms with Crippen LogP contribution >= 0.6 is 0 Å². The van der Waals surface area contributed by atoms with Gasteiger partial charge in [-0.1, -0.05) is 42.5 Å². The number of rotatable bonds is 6. The molecule has 1 amide bonds. The van der Waals surface area contributed by atoms with Gasteiger partial charge in [0.2, 0.25) is 5.95 Å². The molecule has 0 saturated carbocycles. The van der Waals surface area contributed by atoms with Gasteiger partial charge < -0.3 is 10.6 Å². The Morgan fingerprint density at radius 1 is 0.960 bits per heavy atom. The molecule has 0 aliphatic rings. The zero-order chi connectivity index (χ0) is 17.5. The van der Waals surface area contributed by atoms with Crippen LogP contribution in [-0.2, 0) is 6.42 Å². The quantitative estimate of drug-likeness (QED) is 0.724. The lowest BCUT2D eigenvalue weighted by Gasteiger charge is -2.07. The standard InChI is InChI=1S/C19H17FN4O/c20-16-8-4-5-9-17(16)24-19-22-12-15(13-23-19)18(25)21-11-10-14-6-2-1-3-7-14/h1-9,12-13H,10-11H2,(H,21,25)(H,22,23,24). The number of carbonyl (C=O) groups excluding carboxylic acids is 1. The summed E-state index contributed by atoms with van der Waals surface area (Å²) in [5.41, 5.74) is 1.79. The highest BCUT2D eigenvalue weighted by Crippen LogP contribution is 2.16. The molecule has 25 heavy (non-hydrogen) atoms. The Labute approximate surface area is 145 Å². The summed E-state index contributed by atoms with van der Waals surface area (Å²) in [6, 6.07) is 16.1. The van der Waals surface area contributed by atoms with E-state index >= 15 is 0 Å². The summed E-state index contributed by atoms with van der Waals surface area (Å²) < 4.78 is 13.6. The Bertz CT molecular complexity index is 838. The molecule has 1 heterocycles. The number of halogens is 1. The molecule has 0 spiro atoms. The molecule has 0 bridgehead atoms. The molecule has 0 aliphatic heterocycles. The first-order chi connectivity index (χ1) is 12.2. The number of hydrogen-bond donors (Lipinski definition) is 2. The molecule has 3 aromatic rings. The third-order valence-electron chi connectivity index (χ3n) is 3.58. The number of aromatic nitrogens is 2. The minimum absolute atomic E-state index is 0.228. The van der Waals surface area contributed by atoms with E-state index in [-0.39, 0.29) is 17.5 Å². The molecular formula is C19H17FN4O. The van der Waals surface area contributed by atoms with Crippen molar-refractivity contribution in [2.45, 2.75) is 6.42 Å². The maximum atomic E-state index is 13.6. The van der Waals surface area contributed by atoms with Crippen molar-refractivity contribution < 1.29 is 9.18 Å². The molecule has 5 nitrogen and oxygen atoms in total. The number of nitrogens with one attached hydrogen (secondary N) is 2. The van der Waals surface area contributed by atoms with Crippen molar-refractivity contribution in [2.24, 2.45) is 0 Å². The monoisotopic (exact) mass is 336 g/mol. The summed E-state index contributed by atoms with van der Waals surface area (Å²) in [5.74, 6) is -0.409. The van der Waals surface area contributed by atoms with Gasteiger partial charge in [0.1, 0.15) is 5.82 Å². The van der Waals surface area contributed by atoms with Gasteiger partial charge in [-0.3, -0.25) is 4.79 Å². The predicted molar refractivity (Wildman–Crippen MR) is 94.2 cm³/mol. The first kappa shape index (κ1) is 16.6. The van der Waals surface area contributed by atoms with Crippen LogP contribution in [0.5, 0.6) is 0 Å². The minimum Gasteiger partial charge on any atom is -0.352 e. The molecule has 0 unspecified atom stereocenters. The van der Waals surface area contributed by atoms with Crippen molar-refractivity contribution in [2.75, 3.05) is 11.9 Å². The van der Waals surface area contributed by atoms with Crippen molar-refractivity contribution >= 4 is 17.5 Å². The van der Waals surface area contributed by atoms with E-state index in [4.69, 9.17) is 0 Å². The van der Waals surface area contributed by atoms with E-state index in [1.807, 2.05) is 30.3 Å².